The van der Waals surface area contributed by atoms with Gasteiger partial charge in [-0.2, -0.15) is 0 Å². The van der Waals surface area contributed by atoms with Gasteiger partial charge < -0.3 is 5.11 Å². The molecule has 1 unspecified atom stereocenters. The lowest BCUT2D eigenvalue weighted by Crippen LogP contribution is -2.20. The molecule has 18 heavy (non-hydrogen) atoms. The third-order valence-corrected chi connectivity index (χ3v) is 3.28. The summed E-state index contributed by atoms with van der Waals surface area (Å²) in [5.41, 5.74) is 1.18. The molecular weight excluding hydrogens is 224 g/mol. The van der Waals surface area contributed by atoms with Crippen molar-refractivity contribution in [3.05, 3.63) is 36.0 Å². The Labute approximate surface area is 111 Å². The van der Waals surface area contributed by atoms with Gasteiger partial charge >= 0.3 is 5.97 Å². The Kier molecular flexibility index (Phi) is 8.10. The minimum atomic E-state index is -0.717. The topological polar surface area (TPSA) is 37.3 Å². The Morgan fingerprint density at radius 1 is 1.22 bits per heavy atom. The highest BCUT2D eigenvalue weighted by atomic mass is 16.4. The second-order valence-electron chi connectivity index (χ2n) is 4.83. The third kappa shape index (κ3) is 5.85. The number of carbonyl (C=O) groups is 1. The standard InChI is InChI=1S/C16H26O2/c1-5-8-9-10-14(7-3)16(4,12-6-2)13-11-15(17)18/h5,7-10H,6,11-13H2,1-4H3,(H,17,18)/b8-5-,10-9-,14-7+. The van der Waals surface area contributed by atoms with Gasteiger partial charge in [-0.05, 0) is 37.7 Å². The lowest BCUT2D eigenvalue weighted by Gasteiger charge is -2.30. The number of hydrogen-bond donors (Lipinski definition) is 1. The Morgan fingerprint density at radius 3 is 2.33 bits per heavy atom. The van der Waals surface area contributed by atoms with Crippen LogP contribution in [0.3, 0.4) is 0 Å². The van der Waals surface area contributed by atoms with E-state index in [2.05, 4.69) is 26.0 Å². The van der Waals surface area contributed by atoms with Crippen molar-refractivity contribution in [2.24, 2.45) is 5.41 Å². The van der Waals surface area contributed by atoms with Crippen LogP contribution in [0.5, 0.6) is 0 Å². The van der Waals surface area contributed by atoms with Gasteiger partial charge in [0.2, 0.25) is 0 Å². The normalized spacial score (nSPS) is 16.3. The average molecular weight is 250 g/mol. The molecule has 0 aromatic heterocycles. The minimum Gasteiger partial charge on any atom is -0.481 e. The van der Waals surface area contributed by atoms with Crippen LogP contribution in [0.25, 0.3) is 0 Å². The van der Waals surface area contributed by atoms with E-state index in [1.807, 2.05) is 32.1 Å². The molecule has 102 valence electrons. The molecule has 2 nitrogen and oxygen atoms in total. The maximum Gasteiger partial charge on any atom is 0.303 e. The van der Waals surface area contributed by atoms with Crippen LogP contribution in [-0.4, -0.2) is 11.1 Å². The van der Waals surface area contributed by atoms with Gasteiger partial charge in [0.1, 0.15) is 0 Å². The van der Waals surface area contributed by atoms with Gasteiger partial charge in [0.25, 0.3) is 0 Å². The van der Waals surface area contributed by atoms with Gasteiger partial charge in [-0.1, -0.05) is 50.6 Å². The summed E-state index contributed by atoms with van der Waals surface area (Å²) < 4.78 is 0. The molecule has 2 heteroatoms. The van der Waals surface area contributed by atoms with Gasteiger partial charge in [0.15, 0.2) is 0 Å². The summed E-state index contributed by atoms with van der Waals surface area (Å²) in [6.45, 7) is 8.30. The highest BCUT2D eigenvalue weighted by molar-refractivity contribution is 5.66. The van der Waals surface area contributed by atoms with E-state index in [9.17, 15) is 4.79 Å². The van der Waals surface area contributed by atoms with Crippen LogP contribution in [0.4, 0.5) is 0 Å². The van der Waals surface area contributed by atoms with E-state index in [4.69, 9.17) is 5.11 Å². The zero-order valence-electron chi connectivity index (χ0n) is 12.1. The SMILES string of the molecule is C\C=C/C=C\C(=C/C)C(C)(CCC)CCC(=O)O. The maximum absolute atomic E-state index is 10.8. The van der Waals surface area contributed by atoms with E-state index in [0.29, 0.717) is 6.42 Å². The zero-order valence-corrected chi connectivity index (χ0v) is 12.1. The third-order valence-electron chi connectivity index (χ3n) is 3.28. The lowest BCUT2D eigenvalue weighted by atomic mass is 9.74. The van der Waals surface area contributed by atoms with E-state index in [-0.39, 0.29) is 11.8 Å². The largest absolute Gasteiger partial charge is 0.481 e. The van der Waals surface area contributed by atoms with Crippen molar-refractivity contribution in [2.45, 2.75) is 53.4 Å². The van der Waals surface area contributed by atoms with E-state index < -0.39 is 5.97 Å². The summed E-state index contributed by atoms with van der Waals surface area (Å²) in [7, 11) is 0. The second-order valence-corrected chi connectivity index (χ2v) is 4.83. The van der Waals surface area contributed by atoms with Gasteiger partial charge in [0, 0.05) is 6.42 Å². The highest BCUT2D eigenvalue weighted by Crippen LogP contribution is 2.38. The first-order chi connectivity index (χ1) is 8.50. The molecule has 0 aliphatic heterocycles. The summed E-state index contributed by atoms with van der Waals surface area (Å²) in [6.07, 6.45) is 13.2. The smallest absolute Gasteiger partial charge is 0.303 e. The molecule has 0 fully saturated rings. The molecule has 0 saturated carbocycles. The average Bonchev–Trinajstić information content (AvgIpc) is 2.32. The monoisotopic (exact) mass is 250 g/mol. The number of rotatable bonds is 8. The van der Waals surface area contributed by atoms with E-state index in [0.717, 1.165) is 12.8 Å². The Bertz CT molecular complexity index is 337. The number of aliphatic carboxylic acids is 1. The molecule has 1 N–H and O–H groups in total. The van der Waals surface area contributed by atoms with E-state index in [1.54, 1.807) is 0 Å². The predicted octanol–water partition coefficient (Wildman–Crippen LogP) is 4.74. The van der Waals surface area contributed by atoms with Gasteiger partial charge in [-0.3, -0.25) is 4.79 Å². The fourth-order valence-electron chi connectivity index (χ4n) is 2.26. The first-order valence-corrected chi connectivity index (χ1v) is 6.68. The molecule has 0 radical (unpaired) electrons. The molecular formula is C16H26O2. The summed E-state index contributed by atoms with van der Waals surface area (Å²) >= 11 is 0. The highest BCUT2D eigenvalue weighted by Gasteiger charge is 2.26. The first kappa shape index (κ1) is 16.7. The van der Waals surface area contributed by atoms with Crippen LogP contribution < -0.4 is 0 Å². The predicted molar refractivity (Wildman–Crippen MR) is 77.6 cm³/mol. The van der Waals surface area contributed by atoms with Crippen LogP contribution in [0.2, 0.25) is 0 Å². The molecule has 0 saturated heterocycles. The van der Waals surface area contributed by atoms with Crippen molar-refractivity contribution in [1.82, 2.24) is 0 Å². The molecule has 0 rings (SSSR count). The van der Waals surface area contributed by atoms with Gasteiger partial charge in [-0.15, -0.1) is 0 Å². The van der Waals surface area contributed by atoms with Gasteiger partial charge in [-0.25, -0.2) is 0 Å². The van der Waals surface area contributed by atoms with Crippen molar-refractivity contribution in [3.63, 3.8) is 0 Å². The second kappa shape index (κ2) is 8.73. The Balaban J connectivity index is 4.96. The van der Waals surface area contributed by atoms with Crippen LogP contribution in [0, 0.1) is 5.41 Å². The summed E-state index contributed by atoms with van der Waals surface area (Å²) in [4.78, 5) is 10.8. The van der Waals surface area contributed by atoms with Crippen LogP contribution in [-0.2, 0) is 4.79 Å². The molecule has 0 aromatic rings. The van der Waals surface area contributed by atoms with E-state index in [1.165, 1.54) is 5.57 Å². The Hall–Kier alpha value is -1.31. The minimum absolute atomic E-state index is 0.0417. The van der Waals surface area contributed by atoms with Crippen molar-refractivity contribution >= 4 is 5.97 Å². The maximum atomic E-state index is 10.8. The number of carboxylic acid groups (broad SMARTS) is 1. The summed E-state index contributed by atoms with van der Waals surface area (Å²) in [5.74, 6) is -0.717. The molecule has 0 bridgehead atoms. The molecule has 0 aliphatic carbocycles. The van der Waals surface area contributed by atoms with Crippen molar-refractivity contribution in [2.75, 3.05) is 0 Å². The van der Waals surface area contributed by atoms with Crippen molar-refractivity contribution in [1.29, 1.82) is 0 Å². The molecule has 0 aliphatic rings. The summed E-state index contributed by atoms with van der Waals surface area (Å²) in [6, 6.07) is 0. The van der Waals surface area contributed by atoms with Crippen LogP contribution in [0.15, 0.2) is 36.0 Å². The fraction of sp³-hybridized carbons (Fsp3) is 0.562. The number of hydrogen-bond acceptors (Lipinski definition) is 1. The fourth-order valence-corrected chi connectivity index (χ4v) is 2.26. The zero-order chi connectivity index (χ0) is 14.0. The molecule has 0 amide bonds. The van der Waals surface area contributed by atoms with Crippen LogP contribution in [0.1, 0.15) is 53.4 Å². The Morgan fingerprint density at radius 2 is 1.89 bits per heavy atom. The number of allylic oxidation sites excluding steroid dienone is 6. The van der Waals surface area contributed by atoms with Gasteiger partial charge in [0.05, 0.1) is 0 Å². The van der Waals surface area contributed by atoms with E-state index >= 15 is 0 Å². The van der Waals surface area contributed by atoms with Crippen molar-refractivity contribution < 1.29 is 9.90 Å². The first-order valence-electron chi connectivity index (χ1n) is 6.68. The summed E-state index contributed by atoms with van der Waals surface area (Å²) in [5, 5.41) is 8.86. The molecule has 0 aromatic carbocycles. The van der Waals surface area contributed by atoms with Crippen LogP contribution >= 0.6 is 0 Å². The molecule has 0 heterocycles. The number of carboxylic acids is 1. The quantitative estimate of drug-likeness (QED) is 0.632. The molecule has 1 atom stereocenters. The van der Waals surface area contributed by atoms with Crippen molar-refractivity contribution in [3.8, 4) is 0 Å². The molecule has 0 spiro atoms. The lowest BCUT2D eigenvalue weighted by molar-refractivity contribution is -0.137.